The van der Waals surface area contributed by atoms with E-state index in [0.717, 1.165) is 17.1 Å². The van der Waals surface area contributed by atoms with E-state index in [2.05, 4.69) is 15.6 Å². The molecule has 1 rings (SSSR count). The third-order valence-corrected chi connectivity index (χ3v) is 3.09. The van der Waals surface area contributed by atoms with E-state index >= 15 is 0 Å². The summed E-state index contributed by atoms with van der Waals surface area (Å²) in [5.74, 6) is 0.0113. The van der Waals surface area contributed by atoms with Crippen LogP contribution in [0.5, 0.6) is 0 Å². The molecule has 2 N–H and O–H groups in total. The zero-order chi connectivity index (χ0) is 11.3. The summed E-state index contributed by atoms with van der Waals surface area (Å²) in [5, 5.41) is 8.76. The van der Waals surface area contributed by atoms with Crippen LogP contribution < -0.4 is 10.6 Å². The maximum atomic E-state index is 11.4. The molecule has 0 bridgehead atoms. The molecule has 4 nitrogen and oxygen atoms in total. The lowest BCUT2D eigenvalue weighted by Crippen LogP contribution is -2.34. The minimum absolute atomic E-state index is 0.0113. The molecule has 84 valence electrons. The SMILES string of the molecule is CCC(NC(=O)CNC)c1nc(C)cs1. The molecule has 0 saturated carbocycles. The van der Waals surface area contributed by atoms with Gasteiger partial charge in [-0.05, 0) is 20.4 Å². The second kappa shape index (κ2) is 5.82. The predicted molar refractivity (Wildman–Crippen MR) is 62.0 cm³/mol. The molecule has 1 aromatic rings. The van der Waals surface area contributed by atoms with E-state index in [9.17, 15) is 4.79 Å². The molecular formula is C10H17N3OS. The van der Waals surface area contributed by atoms with Crippen LogP contribution in [0.4, 0.5) is 0 Å². The summed E-state index contributed by atoms with van der Waals surface area (Å²) in [4.78, 5) is 15.8. The van der Waals surface area contributed by atoms with Crippen molar-refractivity contribution in [3.05, 3.63) is 16.1 Å². The number of nitrogens with zero attached hydrogens (tertiary/aromatic N) is 1. The van der Waals surface area contributed by atoms with Crippen molar-refractivity contribution < 1.29 is 4.79 Å². The fraction of sp³-hybridized carbons (Fsp3) is 0.600. The van der Waals surface area contributed by atoms with Crippen LogP contribution in [0.25, 0.3) is 0 Å². The number of carbonyl (C=O) groups is 1. The summed E-state index contributed by atoms with van der Waals surface area (Å²) in [5.41, 5.74) is 1.01. The molecule has 1 heterocycles. The minimum atomic E-state index is 0.0113. The quantitative estimate of drug-likeness (QED) is 0.795. The number of nitrogens with one attached hydrogen (secondary N) is 2. The average molecular weight is 227 g/mol. The van der Waals surface area contributed by atoms with E-state index in [4.69, 9.17) is 0 Å². The molecule has 0 aliphatic carbocycles. The number of carbonyl (C=O) groups excluding carboxylic acids is 1. The average Bonchev–Trinajstić information content (AvgIpc) is 2.61. The molecule has 0 fully saturated rings. The van der Waals surface area contributed by atoms with Crippen molar-refractivity contribution >= 4 is 17.2 Å². The van der Waals surface area contributed by atoms with Crippen molar-refractivity contribution in [2.75, 3.05) is 13.6 Å². The Morgan fingerprint density at radius 3 is 2.87 bits per heavy atom. The molecule has 0 aliphatic heterocycles. The van der Waals surface area contributed by atoms with Gasteiger partial charge in [0.25, 0.3) is 0 Å². The van der Waals surface area contributed by atoms with Crippen LogP contribution in [-0.2, 0) is 4.79 Å². The van der Waals surface area contributed by atoms with Gasteiger partial charge in [0, 0.05) is 11.1 Å². The lowest BCUT2D eigenvalue weighted by atomic mass is 10.2. The maximum absolute atomic E-state index is 11.4. The molecule has 1 unspecified atom stereocenters. The van der Waals surface area contributed by atoms with Crippen LogP contribution in [0.3, 0.4) is 0 Å². The Morgan fingerprint density at radius 1 is 1.67 bits per heavy atom. The Bertz CT molecular complexity index is 324. The topological polar surface area (TPSA) is 54.0 Å². The second-order valence-corrected chi connectivity index (χ2v) is 4.28. The van der Waals surface area contributed by atoms with Gasteiger partial charge in [-0.15, -0.1) is 11.3 Å². The molecule has 1 atom stereocenters. The van der Waals surface area contributed by atoms with Crippen molar-refractivity contribution in [1.29, 1.82) is 0 Å². The van der Waals surface area contributed by atoms with Crippen LogP contribution >= 0.6 is 11.3 Å². The first-order valence-electron chi connectivity index (χ1n) is 5.03. The van der Waals surface area contributed by atoms with Gasteiger partial charge in [0.05, 0.1) is 12.6 Å². The fourth-order valence-corrected chi connectivity index (χ4v) is 2.21. The first-order chi connectivity index (χ1) is 7.17. The Morgan fingerprint density at radius 2 is 2.40 bits per heavy atom. The van der Waals surface area contributed by atoms with Gasteiger partial charge in [0.2, 0.25) is 5.91 Å². The van der Waals surface area contributed by atoms with Crippen molar-refractivity contribution in [3.8, 4) is 0 Å². The van der Waals surface area contributed by atoms with Crippen LogP contribution in [-0.4, -0.2) is 24.5 Å². The van der Waals surface area contributed by atoms with E-state index in [0.29, 0.717) is 6.54 Å². The molecule has 0 saturated heterocycles. The van der Waals surface area contributed by atoms with Crippen molar-refractivity contribution in [2.45, 2.75) is 26.3 Å². The normalized spacial score (nSPS) is 12.5. The standard InChI is InChI=1S/C10H17N3OS/c1-4-8(13-9(14)5-11-3)10-12-7(2)6-15-10/h6,8,11H,4-5H2,1-3H3,(H,13,14). The summed E-state index contributed by atoms with van der Waals surface area (Å²) in [6, 6.07) is 0.0459. The first-order valence-corrected chi connectivity index (χ1v) is 5.91. The highest BCUT2D eigenvalue weighted by Crippen LogP contribution is 2.20. The Balaban J connectivity index is 2.60. The number of thiazole rings is 1. The molecule has 1 aromatic heterocycles. The first kappa shape index (κ1) is 12.1. The van der Waals surface area contributed by atoms with Gasteiger partial charge in [-0.1, -0.05) is 6.92 Å². The van der Waals surface area contributed by atoms with Gasteiger partial charge in [-0.2, -0.15) is 0 Å². The number of amides is 1. The summed E-state index contributed by atoms with van der Waals surface area (Å²) in [6.07, 6.45) is 0.863. The molecule has 0 spiro atoms. The van der Waals surface area contributed by atoms with Gasteiger partial charge in [-0.3, -0.25) is 4.79 Å². The third-order valence-electron chi connectivity index (χ3n) is 2.02. The van der Waals surface area contributed by atoms with E-state index in [1.807, 2.05) is 19.2 Å². The predicted octanol–water partition coefficient (Wildman–Crippen LogP) is 1.24. The van der Waals surface area contributed by atoms with Gasteiger partial charge >= 0.3 is 0 Å². The smallest absolute Gasteiger partial charge is 0.234 e. The van der Waals surface area contributed by atoms with Gasteiger partial charge in [0.15, 0.2) is 0 Å². The van der Waals surface area contributed by atoms with Gasteiger partial charge < -0.3 is 10.6 Å². The highest BCUT2D eigenvalue weighted by atomic mass is 32.1. The van der Waals surface area contributed by atoms with Crippen LogP contribution in [0, 0.1) is 6.92 Å². The molecule has 15 heavy (non-hydrogen) atoms. The molecule has 0 aliphatic rings. The van der Waals surface area contributed by atoms with Crippen molar-refractivity contribution in [3.63, 3.8) is 0 Å². The third kappa shape index (κ3) is 3.60. The molecular weight excluding hydrogens is 210 g/mol. The minimum Gasteiger partial charge on any atom is -0.346 e. The summed E-state index contributed by atoms with van der Waals surface area (Å²) >= 11 is 1.60. The fourth-order valence-electron chi connectivity index (χ4n) is 1.28. The lowest BCUT2D eigenvalue weighted by molar-refractivity contribution is -0.120. The second-order valence-electron chi connectivity index (χ2n) is 3.39. The number of aryl methyl sites for hydroxylation is 1. The Kier molecular flexibility index (Phi) is 4.71. The molecule has 5 heteroatoms. The zero-order valence-corrected chi connectivity index (χ0v) is 10.1. The summed E-state index contributed by atoms with van der Waals surface area (Å²) in [6.45, 7) is 4.35. The monoisotopic (exact) mass is 227 g/mol. The van der Waals surface area contributed by atoms with E-state index in [1.165, 1.54) is 0 Å². The summed E-state index contributed by atoms with van der Waals surface area (Å²) < 4.78 is 0. The highest BCUT2D eigenvalue weighted by molar-refractivity contribution is 7.09. The summed E-state index contributed by atoms with van der Waals surface area (Å²) in [7, 11) is 1.76. The molecule has 1 amide bonds. The number of hydrogen-bond acceptors (Lipinski definition) is 4. The molecule has 0 radical (unpaired) electrons. The van der Waals surface area contributed by atoms with E-state index in [1.54, 1.807) is 18.4 Å². The van der Waals surface area contributed by atoms with Crippen molar-refractivity contribution in [2.24, 2.45) is 0 Å². The number of aromatic nitrogens is 1. The largest absolute Gasteiger partial charge is 0.346 e. The highest BCUT2D eigenvalue weighted by Gasteiger charge is 2.14. The zero-order valence-electron chi connectivity index (χ0n) is 9.33. The van der Waals surface area contributed by atoms with Gasteiger partial charge in [-0.25, -0.2) is 4.98 Å². The number of rotatable bonds is 5. The van der Waals surface area contributed by atoms with E-state index in [-0.39, 0.29) is 11.9 Å². The van der Waals surface area contributed by atoms with Crippen LogP contribution in [0.2, 0.25) is 0 Å². The molecule has 0 aromatic carbocycles. The Hall–Kier alpha value is -0.940. The Labute approximate surface area is 94.1 Å². The van der Waals surface area contributed by atoms with Crippen molar-refractivity contribution in [1.82, 2.24) is 15.6 Å². The van der Waals surface area contributed by atoms with Crippen LogP contribution in [0.15, 0.2) is 5.38 Å². The van der Waals surface area contributed by atoms with Gasteiger partial charge in [0.1, 0.15) is 5.01 Å². The van der Waals surface area contributed by atoms with E-state index < -0.39 is 0 Å². The van der Waals surface area contributed by atoms with Crippen LogP contribution in [0.1, 0.15) is 30.1 Å². The number of hydrogen-bond donors (Lipinski definition) is 2. The lowest BCUT2D eigenvalue weighted by Gasteiger charge is -2.14. The number of likely N-dealkylation sites (N-methyl/N-ethyl adjacent to an activating group) is 1. The maximum Gasteiger partial charge on any atom is 0.234 e.